The molecular weight excluding hydrogens is 228 g/mol. The zero-order valence-electron chi connectivity index (χ0n) is 10.8. The minimum atomic E-state index is 0.127. The number of aldehydes is 1. The van der Waals surface area contributed by atoms with Gasteiger partial charge in [-0.1, -0.05) is 6.07 Å². The van der Waals surface area contributed by atoms with Crippen LogP contribution in [0, 0.1) is 6.92 Å². The van der Waals surface area contributed by atoms with E-state index < -0.39 is 0 Å². The van der Waals surface area contributed by atoms with Crippen LogP contribution in [0.15, 0.2) is 34.7 Å². The van der Waals surface area contributed by atoms with E-state index in [2.05, 4.69) is 0 Å². The van der Waals surface area contributed by atoms with E-state index in [1.807, 2.05) is 39.0 Å². The molecule has 0 aliphatic heterocycles. The lowest BCUT2D eigenvalue weighted by atomic mass is 10.1. The van der Waals surface area contributed by atoms with Crippen molar-refractivity contribution in [2.24, 2.45) is 0 Å². The molecule has 1 heterocycles. The highest BCUT2D eigenvalue weighted by atomic mass is 16.5. The Labute approximate surface area is 106 Å². The number of carbonyl (C=O) groups is 1. The lowest BCUT2D eigenvalue weighted by molar-refractivity contribution is 0.110. The monoisotopic (exact) mass is 244 g/mol. The van der Waals surface area contributed by atoms with E-state index >= 15 is 0 Å². The third-order valence-corrected chi connectivity index (χ3v) is 2.59. The second-order valence-electron chi connectivity index (χ2n) is 4.46. The standard InChI is InChI=1S/C15H16O3/c1-10(2)17-12-5-4-11(3)14(8-12)15-7-6-13(9-16)18-15/h4-10H,1-3H3. The Morgan fingerprint density at radius 3 is 2.61 bits per heavy atom. The number of rotatable bonds is 4. The number of ether oxygens (including phenoxy) is 1. The first-order valence-electron chi connectivity index (χ1n) is 5.93. The van der Waals surface area contributed by atoms with Crippen LogP contribution in [-0.4, -0.2) is 12.4 Å². The molecule has 0 saturated heterocycles. The van der Waals surface area contributed by atoms with Gasteiger partial charge in [0.05, 0.1) is 6.10 Å². The van der Waals surface area contributed by atoms with Crippen molar-refractivity contribution in [3.05, 3.63) is 41.7 Å². The van der Waals surface area contributed by atoms with Gasteiger partial charge >= 0.3 is 0 Å². The highest BCUT2D eigenvalue weighted by Crippen LogP contribution is 2.29. The molecule has 0 amide bonds. The molecule has 1 aromatic heterocycles. The maximum atomic E-state index is 10.6. The molecule has 2 rings (SSSR count). The minimum Gasteiger partial charge on any atom is -0.491 e. The van der Waals surface area contributed by atoms with Gasteiger partial charge in [-0.25, -0.2) is 0 Å². The van der Waals surface area contributed by atoms with Crippen molar-refractivity contribution >= 4 is 6.29 Å². The fourth-order valence-electron chi connectivity index (χ4n) is 1.77. The van der Waals surface area contributed by atoms with Gasteiger partial charge in [0.25, 0.3) is 0 Å². The Kier molecular flexibility index (Phi) is 3.51. The quantitative estimate of drug-likeness (QED) is 0.767. The third kappa shape index (κ3) is 2.62. The van der Waals surface area contributed by atoms with Gasteiger partial charge in [-0.2, -0.15) is 0 Å². The molecule has 94 valence electrons. The SMILES string of the molecule is Cc1ccc(OC(C)C)cc1-c1ccc(C=O)o1. The van der Waals surface area contributed by atoms with Crippen molar-refractivity contribution in [2.45, 2.75) is 26.9 Å². The molecule has 3 heteroatoms. The van der Waals surface area contributed by atoms with Crippen LogP contribution in [0.1, 0.15) is 30.0 Å². The van der Waals surface area contributed by atoms with Crippen LogP contribution < -0.4 is 4.74 Å². The third-order valence-electron chi connectivity index (χ3n) is 2.59. The van der Waals surface area contributed by atoms with Gasteiger partial charge in [-0.15, -0.1) is 0 Å². The molecule has 0 spiro atoms. The molecule has 0 unspecified atom stereocenters. The zero-order valence-corrected chi connectivity index (χ0v) is 10.8. The van der Waals surface area contributed by atoms with Gasteiger partial charge in [0.15, 0.2) is 12.0 Å². The van der Waals surface area contributed by atoms with Gasteiger partial charge in [0.1, 0.15) is 11.5 Å². The van der Waals surface area contributed by atoms with Gasteiger partial charge in [0, 0.05) is 5.56 Å². The summed E-state index contributed by atoms with van der Waals surface area (Å²) in [5.74, 6) is 1.82. The van der Waals surface area contributed by atoms with Crippen molar-refractivity contribution in [2.75, 3.05) is 0 Å². The Morgan fingerprint density at radius 1 is 1.22 bits per heavy atom. The first kappa shape index (κ1) is 12.4. The summed E-state index contributed by atoms with van der Waals surface area (Å²) in [7, 11) is 0. The highest BCUT2D eigenvalue weighted by Gasteiger charge is 2.09. The van der Waals surface area contributed by atoms with Crippen LogP contribution in [0.2, 0.25) is 0 Å². The molecule has 0 bridgehead atoms. The summed E-state index contributed by atoms with van der Waals surface area (Å²) in [6.07, 6.45) is 0.829. The largest absolute Gasteiger partial charge is 0.491 e. The summed E-state index contributed by atoms with van der Waals surface area (Å²) in [4.78, 5) is 10.6. The molecule has 2 aromatic rings. The molecule has 3 nitrogen and oxygen atoms in total. The van der Waals surface area contributed by atoms with Crippen molar-refractivity contribution in [3.8, 4) is 17.1 Å². The summed E-state index contributed by atoms with van der Waals surface area (Å²) in [5, 5.41) is 0. The molecule has 0 radical (unpaired) electrons. The van der Waals surface area contributed by atoms with Crippen LogP contribution in [0.4, 0.5) is 0 Å². The summed E-state index contributed by atoms with van der Waals surface area (Å²) < 4.78 is 11.1. The zero-order chi connectivity index (χ0) is 13.1. The second kappa shape index (κ2) is 5.08. The number of furan rings is 1. The molecular formula is C15H16O3. The fraction of sp³-hybridized carbons (Fsp3) is 0.267. The first-order chi connectivity index (χ1) is 8.60. The number of hydrogen-bond acceptors (Lipinski definition) is 3. The minimum absolute atomic E-state index is 0.127. The summed E-state index contributed by atoms with van der Waals surface area (Å²) >= 11 is 0. The van der Waals surface area contributed by atoms with Crippen LogP contribution in [0.5, 0.6) is 5.75 Å². The van der Waals surface area contributed by atoms with E-state index in [-0.39, 0.29) is 6.10 Å². The molecule has 0 fully saturated rings. The van der Waals surface area contributed by atoms with Crippen LogP contribution in [0.3, 0.4) is 0 Å². The molecule has 0 aliphatic rings. The van der Waals surface area contributed by atoms with Crippen LogP contribution >= 0.6 is 0 Å². The van der Waals surface area contributed by atoms with E-state index in [1.54, 1.807) is 12.1 Å². The smallest absolute Gasteiger partial charge is 0.185 e. The summed E-state index contributed by atoms with van der Waals surface area (Å²) in [6, 6.07) is 9.31. The van der Waals surface area contributed by atoms with Crippen molar-refractivity contribution in [1.82, 2.24) is 0 Å². The summed E-state index contributed by atoms with van der Waals surface area (Å²) in [5.41, 5.74) is 2.03. The fourth-order valence-corrected chi connectivity index (χ4v) is 1.77. The molecule has 0 saturated carbocycles. The molecule has 18 heavy (non-hydrogen) atoms. The van der Waals surface area contributed by atoms with E-state index in [1.165, 1.54) is 0 Å². The van der Waals surface area contributed by atoms with Crippen molar-refractivity contribution in [3.63, 3.8) is 0 Å². The van der Waals surface area contributed by atoms with Crippen molar-refractivity contribution < 1.29 is 13.9 Å². The maximum Gasteiger partial charge on any atom is 0.185 e. The van der Waals surface area contributed by atoms with Gasteiger partial charge in [-0.3, -0.25) is 4.79 Å². The molecule has 0 N–H and O–H groups in total. The molecule has 1 aromatic carbocycles. The normalized spacial score (nSPS) is 10.7. The average Bonchev–Trinajstić information content (AvgIpc) is 2.79. The van der Waals surface area contributed by atoms with Crippen LogP contribution in [0.25, 0.3) is 11.3 Å². The Hall–Kier alpha value is -2.03. The second-order valence-corrected chi connectivity index (χ2v) is 4.46. The number of aryl methyl sites for hydroxylation is 1. The van der Waals surface area contributed by atoms with Crippen molar-refractivity contribution in [1.29, 1.82) is 0 Å². The number of benzene rings is 1. The van der Waals surface area contributed by atoms with E-state index in [0.29, 0.717) is 17.8 Å². The Bertz CT molecular complexity index is 553. The topological polar surface area (TPSA) is 39.4 Å². The van der Waals surface area contributed by atoms with Crippen LogP contribution in [-0.2, 0) is 0 Å². The van der Waals surface area contributed by atoms with Gasteiger partial charge < -0.3 is 9.15 Å². The summed E-state index contributed by atoms with van der Waals surface area (Å²) in [6.45, 7) is 5.96. The van der Waals surface area contributed by atoms with Gasteiger partial charge in [-0.05, 0) is 50.6 Å². The number of carbonyl (C=O) groups excluding carboxylic acids is 1. The van der Waals surface area contributed by atoms with E-state index in [4.69, 9.17) is 9.15 Å². The lowest BCUT2D eigenvalue weighted by Gasteiger charge is -2.11. The Morgan fingerprint density at radius 2 is 2.00 bits per heavy atom. The predicted octanol–water partition coefficient (Wildman–Crippen LogP) is 3.85. The molecule has 0 atom stereocenters. The average molecular weight is 244 g/mol. The van der Waals surface area contributed by atoms with Gasteiger partial charge in [0.2, 0.25) is 0 Å². The molecule has 0 aliphatic carbocycles. The highest BCUT2D eigenvalue weighted by molar-refractivity contribution is 5.73. The maximum absolute atomic E-state index is 10.6. The number of hydrogen-bond donors (Lipinski definition) is 0. The Balaban J connectivity index is 2.39. The van der Waals surface area contributed by atoms with E-state index in [9.17, 15) is 4.79 Å². The lowest BCUT2D eigenvalue weighted by Crippen LogP contribution is -2.05. The predicted molar refractivity (Wildman–Crippen MR) is 70.0 cm³/mol. The van der Waals surface area contributed by atoms with E-state index in [0.717, 1.165) is 16.9 Å². The first-order valence-corrected chi connectivity index (χ1v) is 5.93.